The Morgan fingerprint density at radius 1 is 1.19 bits per heavy atom. The van der Waals surface area contributed by atoms with Gasteiger partial charge in [0.15, 0.2) is 0 Å². The number of amides is 1. The van der Waals surface area contributed by atoms with Crippen LogP contribution in [-0.4, -0.2) is 26.1 Å². The third-order valence-corrected chi connectivity index (χ3v) is 5.01. The van der Waals surface area contributed by atoms with Crippen LogP contribution in [0.15, 0.2) is 48.5 Å². The fourth-order valence-corrected chi connectivity index (χ4v) is 3.34. The maximum atomic E-state index is 13.2. The molecule has 0 aliphatic heterocycles. The summed E-state index contributed by atoms with van der Waals surface area (Å²) in [5, 5.41) is 15.3. The first kappa shape index (κ1) is 19.4. The highest BCUT2D eigenvalue weighted by Crippen LogP contribution is 2.22. The number of benzene rings is 2. The number of carbonyl (C=O) groups is 1. The van der Waals surface area contributed by atoms with Crippen molar-refractivity contribution in [1.29, 1.82) is 0 Å². The molecule has 6 nitrogen and oxygen atoms in total. The molecule has 1 heterocycles. The summed E-state index contributed by atoms with van der Waals surface area (Å²) in [7, 11) is 0. The van der Waals surface area contributed by atoms with Crippen LogP contribution in [0.4, 0.5) is 4.39 Å². The molecule has 0 saturated carbocycles. The first-order valence-electron chi connectivity index (χ1n) is 8.51. The number of nitrogens with zero attached hydrogens (tertiary/aromatic N) is 4. The summed E-state index contributed by atoms with van der Waals surface area (Å²) in [6.45, 7) is 3.95. The molecule has 1 N–H and O–H groups in total. The number of tetrazole rings is 1. The van der Waals surface area contributed by atoms with Gasteiger partial charge < -0.3 is 5.32 Å². The van der Waals surface area contributed by atoms with E-state index >= 15 is 0 Å². The van der Waals surface area contributed by atoms with Gasteiger partial charge in [-0.15, -0.1) is 10.2 Å². The minimum Gasteiger partial charge on any atom is -0.347 e. The smallest absolute Gasteiger partial charge is 0.244 e. The molecule has 27 heavy (non-hydrogen) atoms. The van der Waals surface area contributed by atoms with E-state index in [1.165, 1.54) is 16.9 Å². The maximum Gasteiger partial charge on any atom is 0.244 e. The Bertz CT molecular complexity index is 926. The standard InChI is InChI=1S/C19H19FIN5O/c1-12(2)18(13-7-9-14(20)10-8-13)22-17(27)11-26-24-19(23-25-26)15-5-3-4-6-16(15)21/h3-10,12,18H,11H2,1-2H3,(H,22,27)/t18-/m1/s1. The van der Waals surface area contributed by atoms with Gasteiger partial charge >= 0.3 is 0 Å². The van der Waals surface area contributed by atoms with E-state index in [0.29, 0.717) is 5.82 Å². The summed E-state index contributed by atoms with van der Waals surface area (Å²) in [6.07, 6.45) is 0. The molecule has 0 unspecified atom stereocenters. The molecule has 1 atom stereocenters. The molecule has 3 rings (SSSR count). The molecule has 140 valence electrons. The maximum absolute atomic E-state index is 13.2. The highest BCUT2D eigenvalue weighted by Gasteiger charge is 2.19. The van der Waals surface area contributed by atoms with Gasteiger partial charge in [0.2, 0.25) is 11.7 Å². The summed E-state index contributed by atoms with van der Waals surface area (Å²) in [4.78, 5) is 13.7. The highest BCUT2D eigenvalue weighted by molar-refractivity contribution is 14.1. The van der Waals surface area contributed by atoms with Crippen molar-refractivity contribution in [3.63, 3.8) is 0 Å². The van der Waals surface area contributed by atoms with E-state index in [-0.39, 0.29) is 30.2 Å². The van der Waals surface area contributed by atoms with E-state index in [4.69, 9.17) is 0 Å². The number of nitrogens with one attached hydrogen (secondary N) is 1. The van der Waals surface area contributed by atoms with Crippen molar-refractivity contribution in [3.05, 3.63) is 63.5 Å². The lowest BCUT2D eigenvalue weighted by atomic mass is 9.96. The van der Waals surface area contributed by atoms with Crippen LogP contribution in [0, 0.1) is 15.3 Å². The van der Waals surface area contributed by atoms with Crippen molar-refractivity contribution in [1.82, 2.24) is 25.5 Å². The summed E-state index contributed by atoms with van der Waals surface area (Å²) in [5.74, 6) is 0.0866. The predicted octanol–water partition coefficient (Wildman–Crippen LogP) is 3.60. The lowest BCUT2D eigenvalue weighted by molar-refractivity contribution is -0.123. The molecule has 8 heteroatoms. The van der Waals surface area contributed by atoms with E-state index in [2.05, 4.69) is 43.3 Å². The van der Waals surface area contributed by atoms with Crippen molar-refractivity contribution in [3.8, 4) is 11.4 Å². The van der Waals surface area contributed by atoms with Crippen LogP contribution in [0.25, 0.3) is 11.4 Å². The van der Waals surface area contributed by atoms with E-state index in [0.717, 1.165) is 14.7 Å². The molecule has 0 saturated heterocycles. The minimum absolute atomic E-state index is 0.0408. The Labute approximate surface area is 170 Å². The molecule has 0 radical (unpaired) electrons. The van der Waals surface area contributed by atoms with E-state index in [9.17, 15) is 9.18 Å². The fraction of sp³-hybridized carbons (Fsp3) is 0.263. The molecule has 0 bridgehead atoms. The molecule has 1 aromatic heterocycles. The van der Waals surface area contributed by atoms with Crippen LogP contribution >= 0.6 is 22.6 Å². The zero-order chi connectivity index (χ0) is 19.4. The third kappa shape index (κ3) is 4.88. The van der Waals surface area contributed by atoms with Gasteiger partial charge in [-0.05, 0) is 63.6 Å². The van der Waals surface area contributed by atoms with Gasteiger partial charge in [0.05, 0.1) is 6.04 Å². The van der Waals surface area contributed by atoms with Crippen molar-refractivity contribution in [2.45, 2.75) is 26.4 Å². The van der Waals surface area contributed by atoms with E-state index < -0.39 is 0 Å². The molecule has 0 fully saturated rings. The fourth-order valence-electron chi connectivity index (χ4n) is 2.71. The number of rotatable bonds is 6. The topological polar surface area (TPSA) is 72.7 Å². The zero-order valence-electron chi connectivity index (χ0n) is 14.9. The summed E-state index contributed by atoms with van der Waals surface area (Å²) >= 11 is 2.21. The molecule has 2 aromatic carbocycles. The van der Waals surface area contributed by atoms with Gasteiger partial charge in [0.25, 0.3) is 0 Å². The van der Waals surface area contributed by atoms with Crippen molar-refractivity contribution in [2.75, 3.05) is 0 Å². The molecule has 0 aliphatic rings. The van der Waals surface area contributed by atoms with Gasteiger partial charge in [-0.3, -0.25) is 4.79 Å². The first-order chi connectivity index (χ1) is 12.9. The minimum atomic E-state index is -0.303. The second-order valence-electron chi connectivity index (χ2n) is 6.46. The van der Waals surface area contributed by atoms with Crippen molar-refractivity contribution < 1.29 is 9.18 Å². The first-order valence-corrected chi connectivity index (χ1v) is 9.59. The lowest BCUT2D eigenvalue weighted by Gasteiger charge is -2.22. The highest BCUT2D eigenvalue weighted by atomic mass is 127. The Kier molecular flexibility index (Phi) is 6.15. The van der Waals surface area contributed by atoms with Gasteiger partial charge in [-0.25, -0.2) is 4.39 Å². The molecular formula is C19H19FIN5O. The second-order valence-corrected chi connectivity index (χ2v) is 7.63. The van der Waals surface area contributed by atoms with Gasteiger partial charge in [0.1, 0.15) is 12.4 Å². The molecule has 0 spiro atoms. The number of aromatic nitrogens is 4. The Hall–Kier alpha value is -2.36. The van der Waals surface area contributed by atoms with Crippen LogP contribution in [-0.2, 0) is 11.3 Å². The third-order valence-electron chi connectivity index (χ3n) is 4.06. The number of hydrogen-bond donors (Lipinski definition) is 1. The van der Waals surface area contributed by atoms with Gasteiger partial charge in [0, 0.05) is 9.13 Å². The Morgan fingerprint density at radius 3 is 2.56 bits per heavy atom. The van der Waals surface area contributed by atoms with Crippen LogP contribution in [0.5, 0.6) is 0 Å². The molecule has 0 aliphatic carbocycles. The van der Waals surface area contributed by atoms with Crippen molar-refractivity contribution in [2.24, 2.45) is 5.92 Å². The molecule has 3 aromatic rings. The van der Waals surface area contributed by atoms with Crippen LogP contribution in [0.2, 0.25) is 0 Å². The van der Waals surface area contributed by atoms with Crippen LogP contribution < -0.4 is 5.32 Å². The SMILES string of the molecule is CC(C)[C@@H](NC(=O)Cn1nnc(-c2ccccc2I)n1)c1ccc(F)cc1. The Balaban J connectivity index is 1.70. The number of hydrogen-bond acceptors (Lipinski definition) is 4. The quantitative estimate of drug-likeness (QED) is 0.549. The number of halogens is 2. The second kappa shape index (κ2) is 8.55. The van der Waals surface area contributed by atoms with Crippen LogP contribution in [0.1, 0.15) is 25.5 Å². The molecular weight excluding hydrogens is 460 g/mol. The lowest BCUT2D eigenvalue weighted by Crippen LogP contribution is -2.34. The predicted molar refractivity (Wildman–Crippen MR) is 108 cm³/mol. The van der Waals surface area contributed by atoms with Gasteiger partial charge in [-0.2, -0.15) is 4.80 Å². The Morgan fingerprint density at radius 2 is 1.89 bits per heavy atom. The average Bonchev–Trinajstić information content (AvgIpc) is 3.09. The zero-order valence-corrected chi connectivity index (χ0v) is 17.1. The van der Waals surface area contributed by atoms with Crippen molar-refractivity contribution >= 4 is 28.5 Å². The summed E-state index contributed by atoms with van der Waals surface area (Å²) in [6, 6.07) is 13.6. The average molecular weight is 479 g/mol. The summed E-state index contributed by atoms with van der Waals surface area (Å²) < 4.78 is 14.2. The monoisotopic (exact) mass is 479 g/mol. The van der Waals surface area contributed by atoms with E-state index in [1.807, 2.05) is 38.1 Å². The van der Waals surface area contributed by atoms with E-state index in [1.54, 1.807) is 12.1 Å². The van der Waals surface area contributed by atoms with Gasteiger partial charge in [-0.1, -0.05) is 38.1 Å². The van der Waals surface area contributed by atoms with Crippen LogP contribution in [0.3, 0.4) is 0 Å². The summed E-state index contributed by atoms with van der Waals surface area (Å²) in [5.41, 5.74) is 1.72. The number of carbonyl (C=O) groups excluding carboxylic acids is 1. The normalized spacial score (nSPS) is 12.2. The largest absolute Gasteiger partial charge is 0.347 e. The molecule has 1 amide bonds.